The number of aromatic carboxylic acids is 1. The number of benzene rings is 3. The number of aromatic hydroxyl groups is 1. The molecule has 0 fully saturated rings. The zero-order valence-electron chi connectivity index (χ0n) is 28.1. The SMILES string of the molecule is O=C(CCCCC(=O)NCCOP(=O)(O)O)NCCCCCNC(=S)Nc1ccc(-c2c3cc(F)c(=O)cc-3oc3cc(O)c(F)cc23)c(C(=O)O)c1. The summed E-state index contributed by atoms with van der Waals surface area (Å²) in [5.41, 5.74) is -0.803. The van der Waals surface area contributed by atoms with Crippen molar-refractivity contribution in [2.75, 3.05) is 31.6 Å². The number of phenolic OH excluding ortho intramolecular Hbond substituents is 1. The fourth-order valence-corrected chi connectivity index (χ4v) is 5.89. The molecule has 2 aromatic rings. The second-order valence-electron chi connectivity index (χ2n) is 11.8. The zero-order valence-corrected chi connectivity index (χ0v) is 29.8. The van der Waals surface area contributed by atoms with Gasteiger partial charge in [0.2, 0.25) is 17.2 Å². The Balaban J connectivity index is 1.23. The van der Waals surface area contributed by atoms with E-state index in [-0.39, 0.29) is 81.9 Å². The van der Waals surface area contributed by atoms with E-state index in [2.05, 4.69) is 25.8 Å². The second kappa shape index (κ2) is 18.7. The monoisotopic (exact) mass is 778 g/mol. The maximum Gasteiger partial charge on any atom is 0.469 e. The lowest BCUT2D eigenvalue weighted by Crippen LogP contribution is -2.29. The summed E-state index contributed by atoms with van der Waals surface area (Å²) in [6, 6.07) is 7.96. The van der Waals surface area contributed by atoms with E-state index >= 15 is 0 Å². The largest absolute Gasteiger partial charge is 0.505 e. The lowest BCUT2D eigenvalue weighted by atomic mass is 9.90. The highest BCUT2D eigenvalue weighted by Gasteiger charge is 2.24. The quantitative estimate of drug-likeness (QED) is 0.0298. The third-order valence-electron chi connectivity index (χ3n) is 7.82. The number of thiocarbonyl (C=S) groups is 1. The molecule has 19 heteroatoms. The molecule has 15 nitrogen and oxygen atoms in total. The first-order valence-electron chi connectivity index (χ1n) is 16.4. The number of phosphoric ester groups is 1. The van der Waals surface area contributed by atoms with Gasteiger partial charge in [0.1, 0.15) is 11.3 Å². The molecule has 1 aliphatic heterocycles. The molecular weight excluding hydrogens is 741 g/mol. The van der Waals surface area contributed by atoms with Gasteiger partial charge in [-0.05, 0) is 74.2 Å². The van der Waals surface area contributed by atoms with Crippen molar-refractivity contribution in [2.45, 2.75) is 44.9 Å². The summed E-state index contributed by atoms with van der Waals surface area (Å²) in [5, 5.41) is 31.5. The number of phosphoric acid groups is 1. The van der Waals surface area contributed by atoms with Gasteiger partial charge in [-0.15, -0.1) is 0 Å². The van der Waals surface area contributed by atoms with Crippen LogP contribution in [0.25, 0.3) is 33.4 Å². The Morgan fingerprint density at radius 1 is 0.830 bits per heavy atom. The number of amides is 2. The van der Waals surface area contributed by atoms with Crippen molar-refractivity contribution in [3.8, 4) is 28.2 Å². The number of anilines is 1. The van der Waals surface area contributed by atoms with Crippen LogP contribution in [0.4, 0.5) is 14.5 Å². The molecule has 0 spiro atoms. The van der Waals surface area contributed by atoms with Gasteiger partial charge < -0.3 is 45.7 Å². The Morgan fingerprint density at radius 3 is 2.15 bits per heavy atom. The van der Waals surface area contributed by atoms with Gasteiger partial charge in [-0.2, -0.15) is 0 Å². The number of fused-ring (bicyclic) bond motifs is 2. The van der Waals surface area contributed by atoms with E-state index in [4.69, 9.17) is 26.4 Å². The van der Waals surface area contributed by atoms with Crippen molar-refractivity contribution in [1.82, 2.24) is 16.0 Å². The van der Waals surface area contributed by atoms with E-state index in [1.165, 1.54) is 18.2 Å². The van der Waals surface area contributed by atoms with Crippen LogP contribution in [0.1, 0.15) is 55.3 Å². The van der Waals surface area contributed by atoms with Crippen molar-refractivity contribution in [3.63, 3.8) is 0 Å². The molecule has 1 heterocycles. The van der Waals surface area contributed by atoms with Crippen LogP contribution in [0.2, 0.25) is 0 Å². The van der Waals surface area contributed by atoms with E-state index in [0.29, 0.717) is 44.5 Å². The number of carboxylic acid groups (broad SMARTS) is 1. The lowest BCUT2D eigenvalue weighted by Gasteiger charge is -2.18. The first-order chi connectivity index (χ1) is 25.1. The van der Waals surface area contributed by atoms with E-state index in [1.807, 2.05) is 0 Å². The summed E-state index contributed by atoms with van der Waals surface area (Å²) < 4.78 is 49.4. The van der Waals surface area contributed by atoms with Crippen LogP contribution in [0.5, 0.6) is 5.75 Å². The van der Waals surface area contributed by atoms with Crippen molar-refractivity contribution < 1.29 is 56.7 Å². The molecule has 2 aliphatic rings. The Bertz CT molecular complexity index is 2070. The van der Waals surface area contributed by atoms with Crippen LogP contribution in [-0.2, 0) is 18.7 Å². The highest BCUT2D eigenvalue weighted by Crippen LogP contribution is 2.43. The van der Waals surface area contributed by atoms with Crippen LogP contribution in [-0.4, -0.2) is 69.1 Å². The standard InChI is InChI=1S/C34H37F2N4O11PS/c35-24-15-22-28(17-26(24)41)51-29-18-27(42)25(36)16-23(29)32(22)20-9-8-19(14-21(20)33(45)46)40-34(53)39-11-5-1-4-10-37-30(43)6-2-3-7-31(44)38-12-13-50-52(47,48)49/h8-9,14-18,41H,1-7,10-13H2,(H,37,43)(H,38,44)(H,45,46)(H2,39,40,53)(H2,47,48,49). The number of halogens is 2. The third-order valence-corrected chi connectivity index (χ3v) is 8.59. The molecule has 0 aromatic heterocycles. The van der Waals surface area contributed by atoms with Gasteiger partial charge in [-0.3, -0.25) is 18.9 Å². The van der Waals surface area contributed by atoms with E-state index in [1.54, 1.807) is 0 Å². The first-order valence-corrected chi connectivity index (χ1v) is 18.3. The van der Waals surface area contributed by atoms with E-state index in [0.717, 1.165) is 30.7 Å². The molecule has 8 N–H and O–H groups in total. The van der Waals surface area contributed by atoms with Gasteiger partial charge in [0.05, 0.1) is 12.2 Å². The Kier molecular flexibility index (Phi) is 14.4. The molecular formula is C34H37F2N4O11PS. The minimum Gasteiger partial charge on any atom is -0.505 e. The summed E-state index contributed by atoms with van der Waals surface area (Å²) in [6.45, 7) is 0.590. The highest BCUT2D eigenvalue weighted by molar-refractivity contribution is 7.80. The maximum atomic E-state index is 14.5. The molecule has 1 aliphatic carbocycles. The topological polar surface area (TPSA) is 237 Å². The Morgan fingerprint density at radius 2 is 1.49 bits per heavy atom. The normalized spacial score (nSPS) is 11.4. The fraction of sp³-hybridized carbons (Fsp3) is 0.324. The number of carbonyl (C=O) groups excluding carboxylic acids is 2. The second-order valence-corrected chi connectivity index (χ2v) is 13.4. The number of carbonyl (C=O) groups is 3. The van der Waals surface area contributed by atoms with Crippen molar-refractivity contribution in [1.29, 1.82) is 0 Å². The molecule has 4 rings (SSSR count). The van der Waals surface area contributed by atoms with Crippen molar-refractivity contribution >= 4 is 59.6 Å². The summed E-state index contributed by atoms with van der Waals surface area (Å²) in [4.78, 5) is 65.4. The predicted octanol–water partition coefficient (Wildman–Crippen LogP) is 4.61. The number of carboxylic acids is 1. The van der Waals surface area contributed by atoms with E-state index in [9.17, 15) is 42.7 Å². The molecule has 53 heavy (non-hydrogen) atoms. The van der Waals surface area contributed by atoms with Crippen LogP contribution < -0.4 is 26.7 Å². The molecule has 2 amide bonds. The molecule has 0 radical (unpaired) electrons. The van der Waals surface area contributed by atoms with Crippen LogP contribution >= 0.6 is 20.0 Å². The molecule has 2 aromatic carbocycles. The van der Waals surface area contributed by atoms with Gasteiger partial charge >= 0.3 is 13.8 Å². The predicted molar refractivity (Wildman–Crippen MR) is 194 cm³/mol. The minimum absolute atomic E-state index is 0.0197. The Hall–Kier alpha value is -5.00. The number of unbranched alkanes of at least 4 members (excludes halogenated alkanes) is 3. The van der Waals surface area contributed by atoms with Crippen LogP contribution in [0, 0.1) is 11.6 Å². The molecule has 0 unspecified atom stereocenters. The van der Waals surface area contributed by atoms with Crippen molar-refractivity contribution in [2.24, 2.45) is 0 Å². The highest BCUT2D eigenvalue weighted by atomic mass is 32.1. The van der Waals surface area contributed by atoms with Gasteiger partial charge in [-0.25, -0.2) is 18.1 Å². The average molecular weight is 779 g/mol. The van der Waals surface area contributed by atoms with E-state index < -0.39 is 36.6 Å². The molecule has 0 bridgehead atoms. The van der Waals surface area contributed by atoms with Crippen LogP contribution in [0.3, 0.4) is 0 Å². The van der Waals surface area contributed by atoms with Crippen LogP contribution in [0.15, 0.2) is 51.7 Å². The van der Waals surface area contributed by atoms with Gasteiger partial charge in [0.15, 0.2) is 22.5 Å². The summed E-state index contributed by atoms with van der Waals surface area (Å²) in [6.07, 6.45) is 3.55. The van der Waals surface area contributed by atoms with Gasteiger partial charge in [0.25, 0.3) is 0 Å². The maximum absolute atomic E-state index is 14.5. The number of phenols is 1. The van der Waals surface area contributed by atoms with Gasteiger partial charge in [-0.1, -0.05) is 6.07 Å². The first kappa shape index (κ1) is 40.8. The Labute approximate surface area is 306 Å². The number of hydrogen-bond acceptors (Lipinski definition) is 9. The summed E-state index contributed by atoms with van der Waals surface area (Å²) in [5.74, 6) is -4.78. The summed E-state index contributed by atoms with van der Waals surface area (Å²) >= 11 is 5.36. The fourth-order valence-electron chi connectivity index (χ4n) is 5.34. The number of nitrogens with one attached hydrogen (secondary N) is 4. The smallest absolute Gasteiger partial charge is 0.469 e. The lowest BCUT2D eigenvalue weighted by molar-refractivity contribution is -0.123. The number of hydrogen-bond donors (Lipinski definition) is 8. The third kappa shape index (κ3) is 12.0. The zero-order chi connectivity index (χ0) is 38.7. The molecule has 0 saturated heterocycles. The molecule has 0 saturated carbocycles. The van der Waals surface area contributed by atoms with Crippen molar-refractivity contribution in [3.05, 3.63) is 69.9 Å². The van der Waals surface area contributed by atoms with Gasteiger partial charge in [0, 0.05) is 66.8 Å². The molecule has 284 valence electrons. The molecule has 0 atom stereocenters. The average Bonchev–Trinajstić information content (AvgIpc) is 3.08. The summed E-state index contributed by atoms with van der Waals surface area (Å²) in [7, 11) is -4.57. The minimum atomic E-state index is -4.57. The number of rotatable bonds is 18.